The number of thioether (sulfide) groups is 1. The molecule has 1 saturated heterocycles. The van der Waals surface area contributed by atoms with Crippen molar-refractivity contribution in [3.05, 3.63) is 35.9 Å². The molecule has 0 radical (unpaired) electrons. The van der Waals surface area contributed by atoms with Crippen LogP contribution in [0.15, 0.2) is 35.3 Å². The van der Waals surface area contributed by atoms with Crippen molar-refractivity contribution in [2.24, 2.45) is 10.7 Å². The maximum Gasteiger partial charge on any atom is 0.157 e. The highest BCUT2D eigenvalue weighted by Crippen LogP contribution is 2.37. The lowest BCUT2D eigenvalue weighted by atomic mass is 9.95. The lowest BCUT2D eigenvalue weighted by molar-refractivity contribution is -0.198. The largest absolute Gasteiger partial charge is 0.391 e. The van der Waals surface area contributed by atoms with Crippen LogP contribution in [0.5, 0.6) is 0 Å². The van der Waals surface area contributed by atoms with Crippen LogP contribution in [0.3, 0.4) is 0 Å². The third-order valence-electron chi connectivity index (χ3n) is 3.85. The zero-order valence-electron chi connectivity index (χ0n) is 12.2. The maximum absolute atomic E-state index is 10.5. The Morgan fingerprint density at radius 2 is 2.14 bits per heavy atom. The number of aliphatic hydroxyl groups is 2. The van der Waals surface area contributed by atoms with E-state index < -0.39 is 24.4 Å². The number of nitrogens with two attached hydrogens (primary N) is 1. The first-order valence-electron chi connectivity index (χ1n) is 7.23. The fourth-order valence-electron chi connectivity index (χ4n) is 2.75. The Labute approximate surface area is 133 Å². The van der Waals surface area contributed by atoms with Gasteiger partial charge in [-0.3, -0.25) is 4.99 Å². The van der Waals surface area contributed by atoms with E-state index in [0.717, 1.165) is 5.56 Å². The number of rotatable bonds is 4. The van der Waals surface area contributed by atoms with Gasteiger partial charge in [0.2, 0.25) is 0 Å². The van der Waals surface area contributed by atoms with Crippen molar-refractivity contribution in [1.29, 1.82) is 0 Å². The Balaban J connectivity index is 1.75. The van der Waals surface area contributed by atoms with E-state index in [1.54, 1.807) is 6.92 Å². The number of aliphatic hydroxyl groups excluding tert-OH is 2. The van der Waals surface area contributed by atoms with Crippen LogP contribution in [0.4, 0.5) is 0 Å². The van der Waals surface area contributed by atoms with E-state index in [4.69, 9.17) is 15.2 Å². The zero-order valence-corrected chi connectivity index (χ0v) is 13.0. The Kier molecular flexibility index (Phi) is 4.70. The lowest BCUT2D eigenvalue weighted by Gasteiger charge is -2.41. The van der Waals surface area contributed by atoms with Crippen LogP contribution in [-0.2, 0) is 16.1 Å². The van der Waals surface area contributed by atoms with Crippen molar-refractivity contribution < 1.29 is 19.7 Å². The van der Waals surface area contributed by atoms with Gasteiger partial charge >= 0.3 is 0 Å². The highest BCUT2D eigenvalue weighted by Gasteiger charge is 2.50. The number of amidine groups is 1. The van der Waals surface area contributed by atoms with Crippen LogP contribution in [-0.4, -0.2) is 51.3 Å². The first-order chi connectivity index (χ1) is 10.6. The highest BCUT2D eigenvalue weighted by molar-refractivity contribution is 8.14. The number of hydrogen-bond donors (Lipinski definition) is 3. The van der Waals surface area contributed by atoms with Gasteiger partial charge in [0.05, 0.1) is 12.7 Å². The van der Waals surface area contributed by atoms with Gasteiger partial charge in [0.15, 0.2) is 5.17 Å². The second-order valence-electron chi connectivity index (χ2n) is 5.54. The van der Waals surface area contributed by atoms with Crippen LogP contribution in [0.25, 0.3) is 0 Å². The zero-order chi connectivity index (χ0) is 15.7. The monoisotopic (exact) mass is 324 g/mol. The van der Waals surface area contributed by atoms with Crippen LogP contribution >= 0.6 is 11.8 Å². The number of fused-ring (bicyclic) bond motifs is 1. The molecule has 2 heterocycles. The molecule has 0 aromatic heterocycles. The molecular formula is C15H20N2O4S. The predicted molar refractivity (Wildman–Crippen MR) is 84.4 cm³/mol. The van der Waals surface area contributed by atoms with E-state index in [9.17, 15) is 10.2 Å². The molecule has 0 amide bonds. The van der Waals surface area contributed by atoms with Crippen LogP contribution < -0.4 is 5.73 Å². The molecule has 1 unspecified atom stereocenters. The Hall–Kier alpha value is -1.12. The van der Waals surface area contributed by atoms with E-state index in [1.165, 1.54) is 11.8 Å². The average molecular weight is 324 g/mol. The topological polar surface area (TPSA) is 97.3 Å². The molecule has 2 aliphatic rings. The molecule has 7 heteroatoms. The molecule has 4 N–H and O–H groups in total. The molecular weight excluding hydrogens is 304 g/mol. The van der Waals surface area contributed by atoms with Crippen LogP contribution in [0.1, 0.15) is 12.5 Å². The quantitative estimate of drug-likeness (QED) is 0.745. The Morgan fingerprint density at radius 3 is 2.82 bits per heavy atom. The van der Waals surface area contributed by atoms with Gasteiger partial charge in [-0.15, -0.1) is 0 Å². The number of benzene rings is 1. The fourth-order valence-corrected chi connectivity index (χ4v) is 3.71. The summed E-state index contributed by atoms with van der Waals surface area (Å²) in [5.74, 6) is 0. The SMILES string of the molecule is C[C@H](O)[C@H]1O[C@@H]2SC(N)=N[C@@H]2C(OCc2ccccc2)[C@@H]1O. The predicted octanol–water partition coefficient (Wildman–Crippen LogP) is 0.468. The third kappa shape index (κ3) is 3.13. The standard InChI is InChI=1S/C15H20N2O4S/c1-8(18)12-11(19)13(10-14(21-12)22-15(16)17-10)20-7-9-5-3-2-4-6-9/h2-6,8,10-14,18-19H,7H2,1H3,(H2,16,17)/t8-,10+,11+,12+,13?,14+/m0/s1. The average Bonchev–Trinajstić information content (AvgIpc) is 2.87. The van der Waals surface area contributed by atoms with Gasteiger partial charge in [0, 0.05) is 0 Å². The summed E-state index contributed by atoms with van der Waals surface area (Å²) in [5, 5.41) is 20.7. The smallest absolute Gasteiger partial charge is 0.157 e. The number of nitrogens with zero attached hydrogens (tertiary/aromatic N) is 1. The van der Waals surface area contributed by atoms with E-state index in [2.05, 4.69) is 4.99 Å². The molecule has 1 aromatic carbocycles. The van der Waals surface area contributed by atoms with Gasteiger partial charge in [-0.2, -0.15) is 0 Å². The molecule has 0 aliphatic carbocycles. The van der Waals surface area contributed by atoms with Crippen molar-refractivity contribution >= 4 is 16.9 Å². The van der Waals surface area contributed by atoms with Crippen molar-refractivity contribution in [3.8, 4) is 0 Å². The van der Waals surface area contributed by atoms with Crippen LogP contribution in [0, 0.1) is 0 Å². The van der Waals surface area contributed by atoms with Crippen LogP contribution in [0.2, 0.25) is 0 Å². The summed E-state index contributed by atoms with van der Waals surface area (Å²) in [6, 6.07) is 9.35. The molecule has 22 heavy (non-hydrogen) atoms. The first kappa shape index (κ1) is 15.8. The molecule has 3 rings (SSSR count). The third-order valence-corrected chi connectivity index (χ3v) is 4.82. The molecule has 6 atom stereocenters. The minimum atomic E-state index is -0.958. The summed E-state index contributed by atoms with van der Waals surface area (Å²) in [6.07, 6.45) is -3.04. The molecule has 0 spiro atoms. The van der Waals surface area contributed by atoms with Gasteiger partial charge in [0.1, 0.15) is 29.8 Å². The second-order valence-corrected chi connectivity index (χ2v) is 6.66. The van der Waals surface area contributed by atoms with Gasteiger partial charge in [-0.25, -0.2) is 0 Å². The van der Waals surface area contributed by atoms with Crippen molar-refractivity contribution in [3.63, 3.8) is 0 Å². The van der Waals surface area contributed by atoms with E-state index in [0.29, 0.717) is 11.8 Å². The van der Waals surface area contributed by atoms with E-state index in [-0.39, 0.29) is 11.5 Å². The molecule has 6 nitrogen and oxygen atoms in total. The molecule has 120 valence electrons. The highest BCUT2D eigenvalue weighted by atomic mass is 32.2. The summed E-state index contributed by atoms with van der Waals surface area (Å²) in [5.41, 5.74) is 6.44. The van der Waals surface area contributed by atoms with Crippen molar-refractivity contribution in [2.45, 2.75) is 49.4 Å². The summed E-state index contributed by atoms with van der Waals surface area (Å²) < 4.78 is 11.6. The minimum Gasteiger partial charge on any atom is -0.391 e. The normalized spacial score (nSPS) is 35.8. The lowest BCUT2D eigenvalue weighted by Crippen LogP contribution is -2.58. The van der Waals surface area contributed by atoms with E-state index in [1.807, 2.05) is 30.3 Å². The molecule has 2 aliphatic heterocycles. The number of hydrogen-bond acceptors (Lipinski definition) is 7. The number of ether oxygens (including phenoxy) is 2. The Morgan fingerprint density at radius 1 is 1.41 bits per heavy atom. The molecule has 1 aromatic rings. The Bertz CT molecular complexity index is 540. The number of aliphatic imine (C=N–C) groups is 1. The second kappa shape index (κ2) is 6.55. The van der Waals surface area contributed by atoms with Gasteiger partial charge in [-0.1, -0.05) is 42.1 Å². The summed E-state index contributed by atoms with van der Waals surface area (Å²) in [7, 11) is 0. The fraction of sp³-hybridized carbons (Fsp3) is 0.533. The first-order valence-corrected chi connectivity index (χ1v) is 8.11. The maximum atomic E-state index is 10.5. The van der Waals surface area contributed by atoms with Crippen molar-refractivity contribution in [1.82, 2.24) is 0 Å². The van der Waals surface area contributed by atoms with Gasteiger partial charge in [0.25, 0.3) is 0 Å². The summed E-state index contributed by atoms with van der Waals surface area (Å²) >= 11 is 1.30. The molecule has 0 saturated carbocycles. The molecule has 0 bridgehead atoms. The summed E-state index contributed by atoms with van der Waals surface area (Å²) in [4.78, 5) is 4.31. The van der Waals surface area contributed by atoms with E-state index >= 15 is 0 Å². The molecule has 1 fully saturated rings. The van der Waals surface area contributed by atoms with Gasteiger partial charge < -0.3 is 25.4 Å². The minimum absolute atomic E-state index is 0.330. The van der Waals surface area contributed by atoms with Gasteiger partial charge in [-0.05, 0) is 12.5 Å². The van der Waals surface area contributed by atoms with Crippen molar-refractivity contribution in [2.75, 3.05) is 0 Å². The summed E-state index contributed by atoms with van der Waals surface area (Å²) in [6.45, 7) is 1.95.